The average Bonchev–Trinajstić information content (AvgIpc) is 2.87. The predicted octanol–water partition coefficient (Wildman–Crippen LogP) is 0.474. The Morgan fingerprint density at radius 3 is 2.71 bits per heavy atom. The SMILES string of the molecule is CC1CN(CC2(C=O)CCOC2)CC1N(C)C. The van der Waals surface area contributed by atoms with Crippen molar-refractivity contribution in [1.29, 1.82) is 0 Å². The topological polar surface area (TPSA) is 32.8 Å². The lowest BCUT2D eigenvalue weighted by atomic mass is 9.89. The van der Waals surface area contributed by atoms with Crippen molar-refractivity contribution in [3.63, 3.8) is 0 Å². The van der Waals surface area contributed by atoms with Gasteiger partial charge in [-0.1, -0.05) is 6.92 Å². The molecule has 0 bridgehead atoms. The average molecular weight is 240 g/mol. The highest BCUT2D eigenvalue weighted by atomic mass is 16.5. The van der Waals surface area contributed by atoms with Gasteiger partial charge in [0.15, 0.2) is 0 Å². The van der Waals surface area contributed by atoms with Crippen molar-refractivity contribution in [3.8, 4) is 0 Å². The molecule has 2 aliphatic heterocycles. The van der Waals surface area contributed by atoms with Crippen LogP contribution in [0.3, 0.4) is 0 Å². The first-order valence-electron chi connectivity index (χ1n) is 6.49. The second-order valence-corrected chi connectivity index (χ2v) is 5.99. The van der Waals surface area contributed by atoms with Crippen molar-refractivity contribution in [2.24, 2.45) is 11.3 Å². The van der Waals surface area contributed by atoms with Crippen molar-refractivity contribution in [3.05, 3.63) is 0 Å². The fraction of sp³-hybridized carbons (Fsp3) is 0.923. The molecule has 2 fully saturated rings. The number of likely N-dealkylation sites (tertiary alicyclic amines) is 1. The molecule has 0 aromatic carbocycles. The Hall–Kier alpha value is -0.450. The Balaban J connectivity index is 1.94. The Labute approximate surface area is 104 Å². The van der Waals surface area contributed by atoms with Crippen LogP contribution in [0.15, 0.2) is 0 Å². The standard InChI is InChI=1S/C13H24N2O2/c1-11-6-15(7-12(11)14(2)3)8-13(9-16)4-5-17-10-13/h9,11-12H,4-8,10H2,1-3H3. The third kappa shape index (κ3) is 2.69. The van der Waals surface area contributed by atoms with Gasteiger partial charge in [0, 0.05) is 32.3 Å². The summed E-state index contributed by atoms with van der Waals surface area (Å²) in [6, 6.07) is 0.612. The molecule has 2 aliphatic rings. The number of rotatable bonds is 4. The third-order valence-electron chi connectivity index (χ3n) is 4.23. The molecule has 98 valence electrons. The predicted molar refractivity (Wildman–Crippen MR) is 67.0 cm³/mol. The van der Waals surface area contributed by atoms with Crippen LogP contribution in [-0.2, 0) is 9.53 Å². The number of ether oxygens (including phenoxy) is 1. The van der Waals surface area contributed by atoms with Crippen LogP contribution in [0.1, 0.15) is 13.3 Å². The molecular weight excluding hydrogens is 216 g/mol. The molecule has 3 unspecified atom stereocenters. The molecule has 2 heterocycles. The van der Waals surface area contributed by atoms with Crippen molar-refractivity contribution in [2.45, 2.75) is 19.4 Å². The Kier molecular flexibility index (Phi) is 3.85. The number of carbonyl (C=O) groups excluding carboxylic acids is 1. The van der Waals surface area contributed by atoms with Crippen molar-refractivity contribution >= 4 is 6.29 Å². The van der Waals surface area contributed by atoms with E-state index in [0.29, 0.717) is 18.6 Å². The van der Waals surface area contributed by atoms with E-state index >= 15 is 0 Å². The van der Waals surface area contributed by atoms with Gasteiger partial charge in [-0.2, -0.15) is 0 Å². The van der Waals surface area contributed by atoms with E-state index in [1.165, 1.54) is 0 Å². The summed E-state index contributed by atoms with van der Waals surface area (Å²) in [5.41, 5.74) is -0.235. The van der Waals surface area contributed by atoms with E-state index < -0.39 is 0 Å². The molecular formula is C13H24N2O2. The van der Waals surface area contributed by atoms with Gasteiger partial charge >= 0.3 is 0 Å². The van der Waals surface area contributed by atoms with Crippen LogP contribution < -0.4 is 0 Å². The summed E-state index contributed by atoms with van der Waals surface area (Å²) in [7, 11) is 4.28. The van der Waals surface area contributed by atoms with Gasteiger partial charge in [0.2, 0.25) is 0 Å². The van der Waals surface area contributed by atoms with Crippen LogP contribution in [0.5, 0.6) is 0 Å². The number of hydrogen-bond donors (Lipinski definition) is 0. The summed E-state index contributed by atoms with van der Waals surface area (Å²) in [5, 5.41) is 0. The molecule has 0 saturated carbocycles. The third-order valence-corrected chi connectivity index (χ3v) is 4.23. The van der Waals surface area contributed by atoms with Crippen molar-refractivity contribution in [2.75, 3.05) is 46.9 Å². The largest absolute Gasteiger partial charge is 0.380 e. The maximum absolute atomic E-state index is 11.3. The zero-order chi connectivity index (χ0) is 12.5. The minimum Gasteiger partial charge on any atom is -0.380 e. The number of carbonyl (C=O) groups is 1. The van der Waals surface area contributed by atoms with Gasteiger partial charge in [0.1, 0.15) is 6.29 Å². The van der Waals surface area contributed by atoms with Gasteiger partial charge in [0.25, 0.3) is 0 Å². The highest BCUT2D eigenvalue weighted by Gasteiger charge is 2.40. The van der Waals surface area contributed by atoms with Gasteiger partial charge in [-0.05, 0) is 26.4 Å². The summed E-state index contributed by atoms with van der Waals surface area (Å²) in [6.45, 7) is 6.67. The molecule has 2 saturated heterocycles. The lowest BCUT2D eigenvalue weighted by Crippen LogP contribution is -2.40. The van der Waals surface area contributed by atoms with Gasteiger partial charge in [0.05, 0.1) is 12.0 Å². The second-order valence-electron chi connectivity index (χ2n) is 5.99. The van der Waals surface area contributed by atoms with Crippen LogP contribution in [-0.4, -0.2) is 69.1 Å². The minimum atomic E-state index is -0.235. The molecule has 0 aromatic heterocycles. The fourth-order valence-electron chi connectivity index (χ4n) is 3.17. The van der Waals surface area contributed by atoms with Gasteiger partial charge < -0.3 is 19.3 Å². The number of hydrogen-bond acceptors (Lipinski definition) is 4. The molecule has 4 heteroatoms. The van der Waals surface area contributed by atoms with E-state index in [1.807, 2.05) is 0 Å². The number of nitrogens with zero attached hydrogens (tertiary/aromatic N) is 2. The summed E-state index contributed by atoms with van der Waals surface area (Å²) in [5.74, 6) is 0.677. The van der Waals surface area contributed by atoms with Crippen molar-refractivity contribution < 1.29 is 9.53 Å². The maximum atomic E-state index is 11.3. The van der Waals surface area contributed by atoms with Crippen LogP contribution in [0.4, 0.5) is 0 Å². The first-order valence-corrected chi connectivity index (χ1v) is 6.49. The Morgan fingerprint density at radius 2 is 2.24 bits per heavy atom. The normalized spacial score (nSPS) is 39.1. The molecule has 0 amide bonds. The highest BCUT2D eigenvalue weighted by molar-refractivity contribution is 5.60. The smallest absolute Gasteiger partial charge is 0.129 e. The summed E-state index contributed by atoms with van der Waals surface area (Å²) < 4.78 is 5.39. The van der Waals surface area contributed by atoms with E-state index in [2.05, 4.69) is 30.8 Å². The van der Waals surface area contributed by atoms with Crippen LogP contribution in [0.25, 0.3) is 0 Å². The molecule has 4 nitrogen and oxygen atoms in total. The molecule has 0 N–H and O–H groups in total. The van der Waals surface area contributed by atoms with E-state index in [0.717, 1.165) is 38.9 Å². The lowest BCUT2D eigenvalue weighted by molar-refractivity contribution is -0.117. The van der Waals surface area contributed by atoms with Gasteiger partial charge in [-0.15, -0.1) is 0 Å². The quantitative estimate of drug-likeness (QED) is 0.669. The van der Waals surface area contributed by atoms with E-state index in [9.17, 15) is 4.79 Å². The van der Waals surface area contributed by atoms with Gasteiger partial charge in [-0.3, -0.25) is 0 Å². The van der Waals surface area contributed by atoms with Crippen LogP contribution in [0.2, 0.25) is 0 Å². The van der Waals surface area contributed by atoms with Crippen molar-refractivity contribution in [1.82, 2.24) is 9.80 Å². The zero-order valence-corrected chi connectivity index (χ0v) is 11.2. The van der Waals surface area contributed by atoms with E-state index in [1.54, 1.807) is 0 Å². The summed E-state index contributed by atoms with van der Waals surface area (Å²) in [6.07, 6.45) is 2.00. The fourth-order valence-corrected chi connectivity index (χ4v) is 3.17. The summed E-state index contributed by atoms with van der Waals surface area (Å²) >= 11 is 0. The monoisotopic (exact) mass is 240 g/mol. The molecule has 0 aromatic rings. The Morgan fingerprint density at radius 1 is 1.47 bits per heavy atom. The number of likely N-dealkylation sites (N-methyl/N-ethyl adjacent to an activating group) is 1. The van der Waals surface area contributed by atoms with Crippen LogP contribution >= 0.6 is 0 Å². The van der Waals surface area contributed by atoms with E-state index in [4.69, 9.17) is 4.74 Å². The maximum Gasteiger partial charge on any atom is 0.129 e. The Bertz CT molecular complexity index is 275. The molecule has 17 heavy (non-hydrogen) atoms. The molecule has 0 aliphatic carbocycles. The zero-order valence-electron chi connectivity index (χ0n) is 11.2. The first kappa shape index (κ1) is 13.0. The lowest BCUT2D eigenvalue weighted by Gasteiger charge is -2.27. The summed E-state index contributed by atoms with van der Waals surface area (Å²) in [4.78, 5) is 16.0. The molecule has 3 atom stereocenters. The van der Waals surface area contributed by atoms with Crippen LogP contribution in [0, 0.1) is 11.3 Å². The first-order chi connectivity index (χ1) is 8.06. The van der Waals surface area contributed by atoms with E-state index in [-0.39, 0.29) is 5.41 Å². The number of aldehydes is 1. The molecule has 2 rings (SSSR count). The van der Waals surface area contributed by atoms with Gasteiger partial charge in [-0.25, -0.2) is 0 Å². The second kappa shape index (κ2) is 5.04. The molecule has 0 radical (unpaired) electrons. The minimum absolute atomic E-state index is 0.235. The highest BCUT2D eigenvalue weighted by Crippen LogP contribution is 2.30. The molecule has 0 spiro atoms.